The monoisotopic (exact) mass is 305 g/mol. The standard InChI is InChI=1S/C17H27N3O2/c1-14(12-18-2)17(22)20-10-8-19(9-11-20)13-16(21)15-6-4-3-5-7-15/h3-7,14,16,18,21H,8-13H2,1-2H3. The Morgan fingerprint density at radius 2 is 1.86 bits per heavy atom. The first-order valence-corrected chi connectivity index (χ1v) is 8.00. The Balaban J connectivity index is 1.79. The highest BCUT2D eigenvalue weighted by Gasteiger charge is 2.25. The zero-order valence-corrected chi connectivity index (χ0v) is 13.5. The SMILES string of the molecule is CNCC(C)C(=O)N1CCN(CC(O)c2ccccc2)CC1. The van der Waals surface area contributed by atoms with Crippen molar-refractivity contribution in [3.8, 4) is 0 Å². The van der Waals surface area contributed by atoms with E-state index < -0.39 is 6.10 Å². The predicted octanol–water partition coefficient (Wildman–Crippen LogP) is 0.720. The molecule has 1 fully saturated rings. The normalized spacial score (nSPS) is 19.0. The van der Waals surface area contributed by atoms with Crippen LogP contribution in [-0.2, 0) is 4.79 Å². The number of nitrogens with one attached hydrogen (secondary N) is 1. The van der Waals surface area contributed by atoms with Gasteiger partial charge in [0.2, 0.25) is 5.91 Å². The van der Waals surface area contributed by atoms with Gasteiger partial charge in [0.25, 0.3) is 0 Å². The zero-order chi connectivity index (χ0) is 15.9. The molecule has 1 aromatic rings. The van der Waals surface area contributed by atoms with Gasteiger partial charge in [-0.3, -0.25) is 9.69 Å². The highest BCUT2D eigenvalue weighted by molar-refractivity contribution is 5.78. The first kappa shape index (κ1) is 16.9. The molecule has 2 unspecified atom stereocenters. The lowest BCUT2D eigenvalue weighted by atomic mass is 10.1. The van der Waals surface area contributed by atoms with Crippen molar-refractivity contribution in [1.29, 1.82) is 0 Å². The lowest BCUT2D eigenvalue weighted by molar-refractivity contribution is -0.136. The summed E-state index contributed by atoms with van der Waals surface area (Å²) >= 11 is 0. The van der Waals surface area contributed by atoms with E-state index in [1.807, 2.05) is 49.2 Å². The minimum Gasteiger partial charge on any atom is -0.387 e. The molecule has 2 atom stereocenters. The van der Waals surface area contributed by atoms with Crippen molar-refractivity contribution in [2.24, 2.45) is 5.92 Å². The van der Waals surface area contributed by atoms with Crippen LogP contribution in [0.3, 0.4) is 0 Å². The second-order valence-corrected chi connectivity index (χ2v) is 6.01. The molecule has 22 heavy (non-hydrogen) atoms. The van der Waals surface area contributed by atoms with Crippen LogP contribution in [0.25, 0.3) is 0 Å². The Morgan fingerprint density at radius 3 is 2.45 bits per heavy atom. The molecule has 1 heterocycles. The molecule has 0 radical (unpaired) electrons. The zero-order valence-electron chi connectivity index (χ0n) is 13.5. The Morgan fingerprint density at radius 1 is 1.23 bits per heavy atom. The molecular weight excluding hydrogens is 278 g/mol. The van der Waals surface area contributed by atoms with Gasteiger partial charge in [0.1, 0.15) is 0 Å². The largest absolute Gasteiger partial charge is 0.387 e. The van der Waals surface area contributed by atoms with Crippen molar-refractivity contribution in [2.75, 3.05) is 46.3 Å². The minimum atomic E-state index is -0.466. The van der Waals surface area contributed by atoms with Crippen molar-refractivity contribution < 1.29 is 9.90 Å². The molecule has 1 saturated heterocycles. The number of aliphatic hydroxyl groups is 1. The number of carbonyl (C=O) groups is 1. The van der Waals surface area contributed by atoms with E-state index in [4.69, 9.17) is 0 Å². The smallest absolute Gasteiger partial charge is 0.226 e. The number of hydrogen-bond donors (Lipinski definition) is 2. The number of benzene rings is 1. The Labute approximate surface area is 132 Å². The molecule has 1 aromatic carbocycles. The number of hydrogen-bond acceptors (Lipinski definition) is 4. The third kappa shape index (κ3) is 4.53. The van der Waals surface area contributed by atoms with Crippen LogP contribution in [0.15, 0.2) is 30.3 Å². The summed E-state index contributed by atoms with van der Waals surface area (Å²) < 4.78 is 0. The van der Waals surface area contributed by atoms with Crippen LogP contribution in [0.1, 0.15) is 18.6 Å². The number of piperazine rings is 1. The van der Waals surface area contributed by atoms with Gasteiger partial charge >= 0.3 is 0 Å². The lowest BCUT2D eigenvalue weighted by Crippen LogP contribution is -2.51. The predicted molar refractivity (Wildman–Crippen MR) is 87.5 cm³/mol. The van der Waals surface area contributed by atoms with Gasteiger partial charge in [-0.2, -0.15) is 0 Å². The number of rotatable bonds is 6. The molecule has 122 valence electrons. The average molecular weight is 305 g/mol. The fourth-order valence-electron chi connectivity index (χ4n) is 2.88. The van der Waals surface area contributed by atoms with Crippen molar-refractivity contribution in [1.82, 2.24) is 15.1 Å². The van der Waals surface area contributed by atoms with Gasteiger partial charge in [-0.25, -0.2) is 0 Å². The summed E-state index contributed by atoms with van der Waals surface area (Å²) in [6.45, 7) is 6.43. The van der Waals surface area contributed by atoms with Crippen molar-refractivity contribution in [3.63, 3.8) is 0 Å². The number of amides is 1. The van der Waals surface area contributed by atoms with E-state index in [0.29, 0.717) is 13.1 Å². The highest BCUT2D eigenvalue weighted by atomic mass is 16.3. The third-order valence-corrected chi connectivity index (χ3v) is 4.23. The molecule has 0 aliphatic carbocycles. The minimum absolute atomic E-state index is 0.0199. The summed E-state index contributed by atoms with van der Waals surface area (Å²) in [6, 6.07) is 9.73. The maximum Gasteiger partial charge on any atom is 0.226 e. The topological polar surface area (TPSA) is 55.8 Å². The van der Waals surface area contributed by atoms with Gasteiger partial charge in [-0.1, -0.05) is 37.3 Å². The summed E-state index contributed by atoms with van der Waals surface area (Å²) in [5.74, 6) is 0.240. The van der Waals surface area contributed by atoms with Crippen LogP contribution in [0.2, 0.25) is 0 Å². The van der Waals surface area contributed by atoms with Gasteiger partial charge in [-0.05, 0) is 12.6 Å². The highest BCUT2D eigenvalue weighted by Crippen LogP contribution is 2.15. The summed E-state index contributed by atoms with van der Waals surface area (Å²) in [6.07, 6.45) is -0.466. The summed E-state index contributed by atoms with van der Waals surface area (Å²) in [4.78, 5) is 16.4. The number of β-amino-alcohol motifs (C(OH)–C–C–N with tert-alkyl or cyclic N) is 1. The molecule has 2 rings (SSSR count). The maximum absolute atomic E-state index is 12.3. The van der Waals surface area contributed by atoms with Crippen LogP contribution in [-0.4, -0.2) is 67.1 Å². The summed E-state index contributed by atoms with van der Waals surface area (Å²) in [7, 11) is 1.87. The fraction of sp³-hybridized carbons (Fsp3) is 0.588. The van der Waals surface area contributed by atoms with Gasteiger partial charge in [0.05, 0.1) is 6.10 Å². The molecule has 1 aliphatic rings. The van der Waals surface area contributed by atoms with E-state index >= 15 is 0 Å². The quantitative estimate of drug-likeness (QED) is 0.813. The average Bonchev–Trinajstić information content (AvgIpc) is 2.56. The molecule has 1 aliphatic heterocycles. The number of nitrogens with zero attached hydrogens (tertiary/aromatic N) is 2. The molecule has 5 heteroatoms. The first-order valence-electron chi connectivity index (χ1n) is 8.00. The van der Waals surface area contributed by atoms with Gasteiger partial charge in [0, 0.05) is 45.2 Å². The van der Waals surface area contributed by atoms with Crippen LogP contribution in [0.5, 0.6) is 0 Å². The Kier molecular flexibility index (Phi) is 6.36. The molecule has 0 spiro atoms. The van der Waals surface area contributed by atoms with Gasteiger partial charge < -0.3 is 15.3 Å². The summed E-state index contributed by atoms with van der Waals surface area (Å²) in [5, 5.41) is 13.3. The van der Waals surface area contributed by atoms with Crippen molar-refractivity contribution >= 4 is 5.91 Å². The van der Waals surface area contributed by atoms with Gasteiger partial charge in [-0.15, -0.1) is 0 Å². The van der Waals surface area contributed by atoms with E-state index in [2.05, 4.69) is 10.2 Å². The van der Waals surface area contributed by atoms with E-state index in [0.717, 1.165) is 31.7 Å². The molecular formula is C17H27N3O2. The molecule has 2 N–H and O–H groups in total. The van der Waals surface area contributed by atoms with Crippen LogP contribution in [0.4, 0.5) is 0 Å². The third-order valence-electron chi connectivity index (χ3n) is 4.23. The molecule has 0 aromatic heterocycles. The second-order valence-electron chi connectivity index (χ2n) is 6.01. The van der Waals surface area contributed by atoms with E-state index in [1.165, 1.54) is 0 Å². The van der Waals surface area contributed by atoms with E-state index in [1.54, 1.807) is 0 Å². The first-order chi connectivity index (χ1) is 10.6. The Bertz CT molecular complexity index is 458. The molecule has 0 saturated carbocycles. The number of aliphatic hydroxyl groups excluding tert-OH is 1. The van der Waals surface area contributed by atoms with Crippen molar-refractivity contribution in [3.05, 3.63) is 35.9 Å². The molecule has 5 nitrogen and oxygen atoms in total. The van der Waals surface area contributed by atoms with Crippen LogP contribution >= 0.6 is 0 Å². The molecule has 0 bridgehead atoms. The second kappa shape index (κ2) is 8.27. The van der Waals surface area contributed by atoms with Crippen LogP contribution in [0, 0.1) is 5.92 Å². The maximum atomic E-state index is 12.3. The fourth-order valence-corrected chi connectivity index (χ4v) is 2.88. The van der Waals surface area contributed by atoms with E-state index in [9.17, 15) is 9.90 Å². The number of carbonyl (C=O) groups excluding carboxylic acids is 1. The lowest BCUT2D eigenvalue weighted by Gasteiger charge is -2.36. The molecule has 1 amide bonds. The van der Waals surface area contributed by atoms with Crippen LogP contribution < -0.4 is 5.32 Å². The van der Waals surface area contributed by atoms with Crippen molar-refractivity contribution in [2.45, 2.75) is 13.0 Å². The van der Waals surface area contributed by atoms with E-state index in [-0.39, 0.29) is 11.8 Å². The Hall–Kier alpha value is -1.43. The van der Waals surface area contributed by atoms with Gasteiger partial charge in [0.15, 0.2) is 0 Å². The summed E-state index contributed by atoms with van der Waals surface area (Å²) in [5.41, 5.74) is 0.948.